The number of hydrogen-bond acceptors (Lipinski definition) is 4. The molecule has 31 heavy (non-hydrogen) atoms. The fraction of sp³-hybridized carbons (Fsp3) is 0.111. The third-order valence-electron chi connectivity index (χ3n) is 3.68. The summed E-state index contributed by atoms with van der Waals surface area (Å²) in [6, 6.07) is 9.35. The molecule has 3 aromatic rings. The lowest BCUT2D eigenvalue weighted by Gasteiger charge is -2.10. The van der Waals surface area contributed by atoms with Crippen molar-refractivity contribution in [3.05, 3.63) is 68.2 Å². The molecule has 3 rings (SSSR count). The van der Waals surface area contributed by atoms with Crippen LogP contribution < -0.4 is 11.5 Å². The highest BCUT2D eigenvalue weighted by Gasteiger charge is 2.31. The number of anilines is 2. The zero-order chi connectivity index (χ0) is 23.6. The summed E-state index contributed by atoms with van der Waals surface area (Å²) in [4.78, 5) is 0. The van der Waals surface area contributed by atoms with E-state index in [2.05, 4.69) is 37.0 Å². The molecular formula is C18H11Br2F6N5. The largest absolute Gasteiger partial charge is 0.416 e. The smallest absolute Gasteiger partial charge is 0.398 e. The Bertz CT molecular complexity index is 1130. The second-order valence-electron chi connectivity index (χ2n) is 5.88. The van der Waals surface area contributed by atoms with Gasteiger partial charge in [-0.1, -0.05) is 0 Å². The predicted octanol–water partition coefficient (Wildman–Crippen LogP) is 6.16. The maximum atomic E-state index is 12.5. The molecule has 0 radical (unpaired) electrons. The van der Waals surface area contributed by atoms with Crippen molar-refractivity contribution in [3.8, 4) is 11.8 Å². The van der Waals surface area contributed by atoms with Crippen LogP contribution in [0.2, 0.25) is 0 Å². The minimum absolute atomic E-state index is 0.0873. The highest BCUT2D eigenvalue weighted by atomic mass is 79.9. The first-order valence-corrected chi connectivity index (χ1v) is 9.57. The van der Waals surface area contributed by atoms with Crippen molar-refractivity contribution in [1.29, 1.82) is 5.26 Å². The van der Waals surface area contributed by atoms with Crippen molar-refractivity contribution in [3.63, 3.8) is 0 Å². The third kappa shape index (κ3) is 6.14. The predicted molar refractivity (Wildman–Crippen MR) is 109 cm³/mol. The summed E-state index contributed by atoms with van der Waals surface area (Å²) in [6.45, 7) is 0. The number of nitrogens with two attached hydrogens (primary N) is 2. The number of alkyl halides is 6. The number of nitrogen functional groups attached to an aromatic ring is 2. The van der Waals surface area contributed by atoms with Crippen LogP contribution in [-0.4, -0.2) is 9.78 Å². The Balaban J connectivity index is 0.000000245. The van der Waals surface area contributed by atoms with Crippen molar-refractivity contribution in [2.75, 3.05) is 11.5 Å². The van der Waals surface area contributed by atoms with Gasteiger partial charge >= 0.3 is 12.4 Å². The average Bonchev–Trinajstić information content (AvgIpc) is 3.03. The molecule has 0 aliphatic carbocycles. The fourth-order valence-electron chi connectivity index (χ4n) is 2.20. The lowest BCUT2D eigenvalue weighted by molar-refractivity contribution is -0.138. The van der Waals surface area contributed by atoms with E-state index >= 15 is 0 Å². The van der Waals surface area contributed by atoms with Gasteiger partial charge in [0.15, 0.2) is 5.69 Å². The zero-order valence-electron chi connectivity index (χ0n) is 15.1. The number of hydrogen-bond donors (Lipinski definition) is 2. The monoisotopic (exact) mass is 569 g/mol. The van der Waals surface area contributed by atoms with Gasteiger partial charge in [-0.05, 0) is 68.3 Å². The van der Waals surface area contributed by atoms with Crippen molar-refractivity contribution in [2.24, 2.45) is 0 Å². The van der Waals surface area contributed by atoms with Crippen LogP contribution in [0.5, 0.6) is 0 Å². The number of halogens is 8. The van der Waals surface area contributed by atoms with Crippen molar-refractivity contribution in [1.82, 2.24) is 9.78 Å². The van der Waals surface area contributed by atoms with E-state index < -0.39 is 23.5 Å². The molecule has 5 nitrogen and oxygen atoms in total. The summed E-state index contributed by atoms with van der Waals surface area (Å²) in [5, 5.41) is 12.6. The maximum absolute atomic E-state index is 12.5. The Morgan fingerprint density at radius 1 is 0.839 bits per heavy atom. The molecule has 2 aromatic carbocycles. The van der Waals surface area contributed by atoms with E-state index in [-0.39, 0.29) is 20.5 Å². The molecule has 164 valence electrons. The van der Waals surface area contributed by atoms with E-state index in [1.54, 1.807) is 6.07 Å². The van der Waals surface area contributed by atoms with Crippen LogP contribution in [0, 0.1) is 11.3 Å². The first kappa shape index (κ1) is 24.5. The van der Waals surface area contributed by atoms with E-state index in [0.717, 1.165) is 24.3 Å². The van der Waals surface area contributed by atoms with Crippen molar-refractivity contribution in [2.45, 2.75) is 12.4 Å². The van der Waals surface area contributed by atoms with Gasteiger partial charge in [-0.2, -0.15) is 36.7 Å². The van der Waals surface area contributed by atoms with Crippen LogP contribution in [0.3, 0.4) is 0 Å². The molecule has 0 bridgehead atoms. The van der Waals surface area contributed by atoms with E-state index in [4.69, 9.17) is 16.7 Å². The molecule has 13 heteroatoms. The SMILES string of the molecule is N#Cc1cc(N)n(-c2ccc(C(F)(F)F)cc2Br)n1.Nc1ccc(C(F)(F)F)cc1Br. The van der Waals surface area contributed by atoms with Gasteiger partial charge in [0.05, 0.1) is 16.8 Å². The minimum Gasteiger partial charge on any atom is -0.398 e. The van der Waals surface area contributed by atoms with Gasteiger partial charge in [0, 0.05) is 20.7 Å². The van der Waals surface area contributed by atoms with Crippen molar-refractivity contribution < 1.29 is 26.3 Å². The summed E-state index contributed by atoms with van der Waals surface area (Å²) in [5.41, 5.74) is 10.2. The van der Waals surface area contributed by atoms with Crippen LogP contribution in [0.25, 0.3) is 5.69 Å². The average molecular weight is 571 g/mol. The Kier molecular flexibility index (Phi) is 7.28. The molecule has 0 atom stereocenters. The lowest BCUT2D eigenvalue weighted by atomic mass is 10.2. The van der Waals surface area contributed by atoms with Gasteiger partial charge in [-0.3, -0.25) is 0 Å². The molecule has 0 aliphatic heterocycles. The molecule has 0 fully saturated rings. The van der Waals surface area contributed by atoms with E-state index in [9.17, 15) is 26.3 Å². The Labute approximate surface area is 188 Å². The first-order chi connectivity index (χ1) is 14.2. The Morgan fingerprint density at radius 2 is 1.35 bits per heavy atom. The van der Waals surface area contributed by atoms with E-state index in [1.807, 2.05) is 0 Å². The van der Waals surface area contributed by atoms with Crippen LogP contribution in [0.15, 0.2) is 51.4 Å². The minimum atomic E-state index is -4.42. The number of aromatic nitrogens is 2. The topological polar surface area (TPSA) is 93.6 Å². The van der Waals surface area contributed by atoms with Crippen LogP contribution in [-0.2, 0) is 12.4 Å². The normalized spacial score (nSPS) is 11.5. The fourth-order valence-corrected chi connectivity index (χ4v) is 3.13. The maximum Gasteiger partial charge on any atom is 0.416 e. The molecule has 0 aliphatic rings. The summed E-state index contributed by atoms with van der Waals surface area (Å²) in [5.74, 6) is 0.164. The van der Waals surface area contributed by atoms with Gasteiger partial charge in [-0.15, -0.1) is 0 Å². The van der Waals surface area contributed by atoms with Crippen molar-refractivity contribution >= 4 is 43.4 Å². The van der Waals surface area contributed by atoms with Crippen LogP contribution in [0.1, 0.15) is 16.8 Å². The quantitative estimate of drug-likeness (QED) is 0.271. The Hall–Kier alpha value is -2.72. The second-order valence-corrected chi connectivity index (χ2v) is 7.58. The number of nitrogens with zero attached hydrogens (tertiary/aromatic N) is 3. The first-order valence-electron chi connectivity index (χ1n) is 7.99. The second kappa shape index (κ2) is 9.19. The Morgan fingerprint density at radius 3 is 1.77 bits per heavy atom. The lowest BCUT2D eigenvalue weighted by Crippen LogP contribution is -2.07. The molecular weight excluding hydrogens is 560 g/mol. The van der Waals surface area contributed by atoms with Crippen LogP contribution in [0.4, 0.5) is 37.8 Å². The van der Waals surface area contributed by atoms with Crippen LogP contribution >= 0.6 is 31.9 Å². The highest BCUT2D eigenvalue weighted by Crippen LogP contribution is 2.34. The van der Waals surface area contributed by atoms with E-state index in [0.29, 0.717) is 11.4 Å². The summed E-state index contributed by atoms with van der Waals surface area (Å²) in [6.07, 6.45) is -8.73. The summed E-state index contributed by atoms with van der Waals surface area (Å²) < 4.78 is 75.3. The highest BCUT2D eigenvalue weighted by molar-refractivity contribution is 9.11. The molecule has 0 unspecified atom stereocenters. The standard InChI is InChI=1S/C11H6BrF3N4.C7H5BrF3N/c12-8-3-6(11(13,14)15)1-2-9(8)19-10(17)4-7(5-16)18-19;8-5-3-4(7(9,10)11)1-2-6(5)12/h1-4H,17H2;1-3H,12H2. The van der Waals surface area contributed by atoms with E-state index in [1.165, 1.54) is 22.9 Å². The third-order valence-corrected chi connectivity index (χ3v) is 5.00. The number of rotatable bonds is 1. The molecule has 0 amide bonds. The summed E-state index contributed by atoms with van der Waals surface area (Å²) in [7, 11) is 0. The van der Waals surface area contributed by atoms with Gasteiger partial charge in [0.1, 0.15) is 11.9 Å². The molecule has 4 N–H and O–H groups in total. The number of benzene rings is 2. The van der Waals surface area contributed by atoms with Gasteiger partial charge < -0.3 is 11.5 Å². The molecule has 0 saturated carbocycles. The molecule has 0 spiro atoms. The number of nitriles is 1. The molecule has 1 aromatic heterocycles. The molecule has 0 saturated heterocycles. The zero-order valence-corrected chi connectivity index (χ0v) is 18.2. The van der Waals surface area contributed by atoms with Gasteiger partial charge in [-0.25, -0.2) is 4.68 Å². The van der Waals surface area contributed by atoms with Gasteiger partial charge in [0.25, 0.3) is 0 Å². The van der Waals surface area contributed by atoms with Gasteiger partial charge in [0.2, 0.25) is 0 Å². The summed E-state index contributed by atoms with van der Waals surface area (Å²) >= 11 is 5.96. The molecule has 1 heterocycles.